The fourth-order valence-electron chi connectivity index (χ4n) is 5.48. The molecule has 6 rings (SSSR count). The average Bonchev–Trinajstić information content (AvgIpc) is 3.44. The van der Waals surface area contributed by atoms with Gasteiger partial charge in [0, 0.05) is 57.5 Å². The molecular weight excluding hydrogens is 499 g/mol. The minimum absolute atomic E-state index is 0.0157. The van der Waals surface area contributed by atoms with Gasteiger partial charge in [-0.25, -0.2) is 22.2 Å². The molecule has 1 aliphatic carbocycles. The van der Waals surface area contributed by atoms with Crippen molar-refractivity contribution in [1.29, 1.82) is 0 Å². The second-order valence-electron chi connectivity index (χ2n) is 10.1. The van der Waals surface area contributed by atoms with Gasteiger partial charge in [0.05, 0.1) is 23.6 Å². The number of nitrogens with zero attached hydrogens (tertiary/aromatic N) is 7. The third-order valence-electron chi connectivity index (χ3n) is 7.31. The van der Waals surface area contributed by atoms with Crippen molar-refractivity contribution in [2.45, 2.75) is 36.8 Å². The maximum absolute atomic E-state index is 13.6. The van der Waals surface area contributed by atoms with Crippen molar-refractivity contribution in [3.05, 3.63) is 65.7 Å². The van der Waals surface area contributed by atoms with E-state index in [1.165, 1.54) is 17.7 Å². The Bertz CT molecular complexity index is 1410. The van der Waals surface area contributed by atoms with Gasteiger partial charge in [0.1, 0.15) is 5.82 Å². The van der Waals surface area contributed by atoms with Gasteiger partial charge in [-0.05, 0) is 72.3 Å². The number of rotatable bonds is 6. The van der Waals surface area contributed by atoms with Gasteiger partial charge < -0.3 is 0 Å². The SMILES string of the molecule is Cc1cc2c(cnn2-c2ccc(F)cc2)cc1C1CN(Sc2cnn(C)n2)CCN1CC1CC(F)(F)C1. The zero-order valence-corrected chi connectivity index (χ0v) is 21.5. The van der Waals surface area contributed by atoms with E-state index in [0.29, 0.717) is 6.54 Å². The summed E-state index contributed by atoms with van der Waals surface area (Å²) >= 11 is 1.58. The van der Waals surface area contributed by atoms with Crippen LogP contribution < -0.4 is 0 Å². The van der Waals surface area contributed by atoms with Crippen LogP contribution in [-0.2, 0) is 7.05 Å². The second kappa shape index (κ2) is 9.45. The molecule has 0 radical (unpaired) electrons. The average molecular weight is 528 g/mol. The van der Waals surface area contributed by atoms with Crippen molar-refractivity contribution < 1.29 is 13.2 Å². The van der Waals surface area contributed by atoms with E-state index in [1.807, 2.05) is 10.9 Å². The molecule has 3 heterocycles. The number of piperazine rings is 1. The van der Waals surface area contributed by atoms with E-state index in [2.05, 4.69) is 43.6 Å². The summed E-state index contributed by atoms with van der Waals surface area (Å²) in [7, 11) is 1.80. The molecule has 11 heteroatoms. The molecular formula is C26H28F3N7S. The normalized spacial score (nSPS) is 20.9. The summed E-state index contributed by atoms with van der Waals surface area (Å²) in [4.78, 5) is 3.91. The summed E-state index contributed by atoms with van der Waals surface area (Å²) in [5.74, 6) is -2.79. The Balaban J connectivity index is 1.31. The highest BCUT2D eigenvalue weighted by atomic mass is 32.2. The molecule has 2 aliphatic rings. The first-order valence-electron chi connectivity index (χ1n) is 12.4. The summed E-state index contributed by atoms with van der Waals surface area (Å²) in [6.45, 7) is 5.08. The van der Waals surface area contributed by atoms with E-state index < -0.39 is 5.92 Å². The smallest absolute Gasteiger partial charge is 0.248 e. The number of aryl methyl sites for hydroxylation is 2. The molecule has 37 heavy (non-hydrogen) atoms. The minimum Gasteiger partial charge on any atom is -0.293 e. The van der Waals surface area contributed by atoms with Gasteiger partial charge in [-0.1, -0.05) is 0 Å². The maximum atomic E-state index is 13.6. The van der Waals surface area contributed by atoms with Gasteiger partial charge in [-0.15, -0.1) is 5.10 Å². The number of fused-ring (bicyclic) bond motifs is 1. The van der Waals surface area contributed by atoms with Gasteiger partial charge in [0.2, 0.25) is 5.92 Å². The molecule has 0 spiro atoms. The standard InChI is InChI=1S/C26H28F3N7S/c1-17-9-23-19(13-31-36(23)21-5-3-20(27)4-6-21)10-22(17)24-16-35(37-25-14-30-33(2)32-25)8-7-34(24)15-18-11-26(28,29)12-18/h3-6,9-10,13-14,18,24H,7-8,11-12,15-16H2,1-2H3. The second-order valence-corrected chi connectivity index (χ2v) is 11.2. The van der Waals surface area contributed by atoms with E-state index in [4.69, 9.17) is 0 Å². The quantitative estimate of drug-likeness (QED) is 0.329. The van der Waals surface area contributed by atoms with Gasteiger partial charge >= 0.3 is 0 Å². The zero-order valence-electron chi connectivity index (χ0n) is 20.7. The van der Waals surface area contributed by atoms with Crippen molar-refractivity contribution in [2.75, 3.05) is 26.2 Å². The maximum Gasteiger partial charge on any atom is 0.248 e. The summed E-state index contributed by atoms with van der Waals surface area (Å²) in [6.07, 6.45) is 3.52. The molecule has 194 valence electrons. The van der Waals surface area contributed by atoms with Crippen LogP contribution in [-0.4, -0.2) is 66.1 Å². The molecule has 2 aromatic heterocycles. The lowest BCUT2D eigenvalue weighted by Crippen LogP contribution is -2.50. The highest BCUT2D eigenvalue weighted by Crippen LogP contribution is 2.44. The van der Waals surface area contributed by atoms with Crippen LogP contribution in [0.25, 0.3) is 16.6 Å². The Labute approximate surface area is 217 Å². The first kappa shape index (κ1) is 24.4. The Kier molecular flexibility index (Phi) is 6.24. The molecule has 0 N–H and O–H groups in total. The molecule has 1 saturated carbocycles. The van der Waals surface area contributed by atoms with Gasteiger partial charge in [-0.3, -0.25) is 4.90 Å². The van der Waals surface area contributed by atoms with E-state index in [-0.39, 0.29) is 30.6 Å². The Hall–Kier alpha value is -2.89. The number of hydrogen-bond donors (Lipinski definition) is 0. The molecule has 4 aromatic rings. The molecule has 2 aromatic carbocycles. The Morgan fingerprint density at radius 3 is 2.54 bits per heavy atom. The van der Waals surface area contributed by atoms with E-state index in [1.54, 1.807) is 42.1 Å². The van der Waals surface area contributed by atoms with Crippen LogP contribution in [0, 0.1) is 18.7 Å². The van der Waals surface area contributed by atoms with Crippen LogP contribution in [0.5, 0.6) is 0 Å². The van der Waals surface area contributed by atoms with Crippen molar-refractivity contribution in [3.63, 3.8) is 0 Å². The van der Waals surface area contributed by atoms with Crippen molar-refractivity contribution in [1.82, 2.24) is 34.0 Å². The van der Waals surface area contributed by atoms with Gasteiger partial charge in [0.25, 0.3) is 0 Å². The Morgan fingerprint density at radius 1 is 1.05 bits per heavy atom. The molecule has 0 bridgehead atoms. The van der Waals surface area contributed by atoms with Crippen LogP contribution in [0.2, 0.25) is 0 Å². The number of halogens is 3. The number of hydrogen-bond acceptors (Lipinski definition) is 6. The van der Waals surface area contributed by atoms with Crippen molar-refractivity contribution in [3.8, 4) is 5.69 Å². The molecule has 0 amide bonds. The largest absolute Gasteiger partial charge is 0.293 e. The lowest BCUT2D eigenvalue weighted by Gasteiger charge is -2.45. The number of aromatic nitrogens is 5. The van der Waals surface area contributed by atoms with E-state index in [0.717, 1.165) is 46.8 Å². The summed E-state index contributed by atoms with van der Waals surface area (Å²) in [5.41, 5.74) is 4.01. The van der Waals surface area contributed by atoms with E-state index >= 15 is 0 Å². The monoisotopic (exact) mass is 527 g/mol. The van der Waals surface area contributed by atoms with Crippen LogP contribution in [0.1, 0.15) is 30.0 Å². The van der Waals surface area contributed by atoms with E-state index in [9.17, 15) is 13.2 Å². The summed E-state index contributed by atoms with van der Waals surface area (Å²) < 4.78 is 44.7. The number of benzene rings is 2. The number of alkyl halides is 2. The zero-order chi connectivity index (χ0) is 25.7. The minimum atomic E-state index is -2.52. The van der Waals surface area contributed by atoms with Crippen LogP contribution in [0.15, 0.2) is 53.8 Å². The van der Waals surface area contributed by atoms with Crippen LogP contribution in [0.4, 0.5) is 13.2 Å². The highest BCUT2D eigenvalue weighted by molar-refractivity contribution is 7.97. The highest BCUT2D eigenvalue weighted by Gasteiger charge is 2.46. The Morgan fingerprint density at radius 2 is 1.84 bits per heavy atom. The fourth-order valence-corrected chi connectivity index (χ4v) is 6.38. The lowest BCUT2D eigenvalue weighted by molar-refractivity contribution is -0.120. The van der Waals surface area contributed by atoms with Crippen molar-refractivity contribution in [2.24, 2.45) is 13.0 Å². The van der Waals surface area contributed by atoms with Gasteiger partial charge in [0.15, 0.2) is 5.03 Å². The fraction of sp³-hybridized carbons (Fsp3) is 0.423. The van der Waals surface area contributed by atoms with Crippen LogP contribution in [0.3, 0.4) is 0 Å². The molecule has 1 saturated heterocycles. The third kappa shape index (κ3) is 4.99. The lowest BCUT2D eigenvalue weighted by atomic mass is 9.80. The molecule has 7 nitrogen and oxygen atoms in total. The first-order chi connectivity index (χ1) is 17.7. The van der Waals surface area contributed by atoms with Crippen molar-refractivity contribution >= 4 is 22.9 Å². The topological polar surface area (TPSA) is 55.0 Å². The van der Waals surface area contributed by atoms with Gasteiger partial charge in [-0.2, -0.15) is 15.0 Å². The first-order valence-corrected chi connectivity index (χ1v) is 13.2. The predicted octanol–water partition coefficient (Wildman–Crippen LogP) is 5.01. The third-order valence-corrected chi connectivity index (χ3v) is 8.27. The summed E-state index contributed by atoms with van der Waals surface area (Å²) in [5, 5.41) is 15.0. The molecule has 2 fully saturated rings. The predicted molar refractivity (Wildman–Crippen MR) is 136 cm³/mol. The summed E-state index contributed by atoms with van der Waals surface area (Å²) in [6, 6.07) is 10.6. The molecule has 1 aliphatic heterocycles. The molecule has 1 unspecified atom stereocenters. The molecule has 1 atom stereocenters. The van der Waals surface area contributed by atoms with Crippen LogP contribution >= 0.6 is 11.9 Å².